The highest BCUT2D eigenvalue weighted by Gasteiger charge is 2.42. The van der Waals surface area contributed by atoms with Gasteiger partial charge in [-0.1, -0.05) is 5.21 Å². The van der Waals surface area contributed by atoms with Crippen LogP contribution in [0.5, 0.6) is 0 Å². The lowest BCUT2D eigenvalue weighted by atomic mass is 10.00. The zero-order valence-corrected chi connectivity index (χ0v) is 13.6. The number of β-amino-alcohol motifs (C(OH)–C–C–N with tert-alkyl or cyclic N) is 1. The predicted octanol–water partition coefficient (Wildman–Crippen LogP) is 1.30. The molecule has 2 aromatic rings. The van der Waals surface area contributed by atoms with Gasteiger partial charge in [0.25, 0.3) is 5.91 Å². The molecular weight excluding hydrogens is 294 g/mol. The maximum Gasteiger partial charge on any atom is 0.255 e. The number of hydrogen-bond acceptors (Lipinski definition) is 5. The first kappa shape index (κ1) is 15.6. The highest BCUT2D eigenvalue weighted by Crippen LogP contribution is 2.31. The number of nitrogens with zero attached hydrogens (tertiary/aromatic N) is 5. The Morgan fingerprint density at radius 3 is 2.87 bits per heavy atom. The van der Waals surface area contributed by atoms with Crippen LogP contribution in [0.25, 0.3) is 0 Å². The van der Waals surface area contributed by atoms with Gasteiger partial charge in [0.15, 0.2) is 0 Å². The van der Waals surface area contributed by atoms with Gasteiger partial charge in [0.2, 0.25) is 0 Å². The van der Waals surface area contributed by atoms with E-state index >= 15 is 0 Å². The zero-order valence-electron chi connectivity index (χ0n) is 13.6. The Bertz CT molecular complexity index is 727. The number of likely N-dealkylation sites (tertiary alicyclic amines) is 1. The Hall–Kier alpha value is -2.28. The largest absolute Gasteiger partial charge is 0.381 e. The van der Waals surface area contributed by atoms with Crippen LogP contribution < -0.4 is 0 Å². The molecule has 1 aliphatic rings. The Balaban J connectivity index is 1.79. The molecule has 3 heterocycles. The number of hydrogen-bond donors (Lipinski definition) is 1. The van der Waals surface area contributed by atoms with Crippen molar-refractivity contribution in [2.45, 2.75) is 38.8 Å². The third-order valence-corrected chi connectivity index (χ3v) is 4.29. The topological polar surface area (TPSA) is 84.1 Å². The second kappa shape index (κ2) is 5.73. The molecule has 1 N–H and O–H groups in total. The molecule has 1 atom stereocenters. The lowest BCUT2D eigenvalue weighted by Gasteiger charge is -2.21. The van der Waals surface area contributed by atoms with Crippen LogP contribution in [0.2, 0.25) is 0 Å². The molecule has 7 heteroatoms. The second-order valence-electron chi connectivity index (χ2n) is 6.32. The summed E-state index contributed by atoms with van der Waals surface area (Å²) in [5.41, 5.74) is 0.643. The zero-order chi connectivity index (χ0) is 16.6. The van der Waals surface area contributed by atoms with Crippen LogP contribution >= 0.6 is 0 Å². The van der Waals surface area contributed by atoms with E-state index in [1.165, 1.54) is 0 Å². The van der Waals surface area contributed by atoms with Crippen LogP contribution in [0.1, 0.15) is 48.1 Å². The molecule has 0 unspecified atom stereocenters. The normalized spacial score (nSPS) is 21.2. The minimum Gasteiger partial charge on any atom is -0.381 e. The molecule has 0 radical (unpaired) electrons. The van der Waals surface area contributed by atoms with Gasteiger partial charge in [0, 0.05) is 30.9 Å². The summed E-state index contributed by atoms with van der Waals surface area (Å²) in [7, 11) is 0. The van der Waals surface area contributed by atoms with E-state index in [-0.39, 0.29) is 18.5 Å². The van der Waals surface area contributed by atoms with E-state index in [2.05, 4.69) is 15.3 Å². The van der Waals surface area contributed by atoms with E-state index in [0.29, 0.717) is 29.9 Å². The third kappa shape index (κ3) is 2.84. The maximum absolute atomic E-state index is 12.6. The number of aromatic nitrogens is 4. The number of amides is 1. The van der Waals surface area contributed by atoms with E-state index in [4.69, 9.17) is 0 Å². The molecule has 1 aliphatic heterocycles. The van der Waals surface area contributed by atoms with Crippen LogP contribution in [-0.4, -0.2) is 49.0 Å². The van der Waals surface area contributed by atoms with Crippen LogP contribution in [0.3, 0.4) is 0 Å². The summed E-state index contributed by atoms with van der Waals surface area (Å²) in [6, 6.07) is 3.69. The number of aryl methyl sites for hydroxylation is 1. The molecule has 0 bridgehead atoms. The van der Waals surface area contributed by atoms with Crippen LogP contribution in [0.4, 0.5) is 0 Å². The van der Waals surface area contributed by atoms with Gasteiger partial charge >= 0.3 is 0 Å². The van der Waals surface area contributed by atoms with E-state index in [1.807, 2.05) is 20.8 Å². The van der Waals surface area contributed by atoms with Crippen LogP contribution in [0.15, 0.2) is 24.5 Å². The van der Waals surface area contributed by atoms with Gasteiger partial charge < -0.3 is 10.0 Å². The second-order valence-corrected chi connectivity index (χ2v) is 6.32. The monoisotopic (exact) mass is 315 g/mol. The standard InChI is InChI=1S/C16H21N5O2/c1-11(2)21-9-14(18-19-21)16(23)6-8-20(10-16)15(22)13-5-4-7-17-12(13)3/h4-5,7,9,11,23H,6,8,10H2,1-3H3/t16-/m1/s1. The van der Waals surface area contributed by atoms with Gasteiger partial charge in [-0.2, -0.15) is 0 Å². The fourth-order valence-corrected chi connectivity index (χ4v) is 2.80. The Kier molecular flexibility index (Phi) is 3.89. The molecular formula is C16H21N5O2. The quantitative estimate of drug-likeness (QED) is 0.923. The number of carbonyl (C=O) groups excluding carboxylic acids is 1. The van der Waals surface area contributed by atoms with Crippen molar-refractivity contribution in [1.82, 2.24) is 24.9 Å². The average molecular weight is 315 g/mol. The molecule has 3 rings (SSSR count). The van der Waals surface area contributed by atoms with E-state index in [9.17, 15) is 9.90 Å². The summed E-state index contributed by atoms with van der Waals surface area (Å²) < 4.78 is 1.71. The van der Waals surface area contributed by atoms with Crippen molar-refractivity contribution >= 4 is 5.91 Å². The van der Waals surface area contributed by atoms with Crippen LogP contribution in [0, 0.1) is 6.92 Å². The summed E-state index contributed by atoms with van der Waals surface area (Å²) in [6.45, 7) is 6.51. The average Bonchev–Trinajstić information content (AvgIpc) is 3.15. The SMILES string of the molecule is Cc1ncccc1C(=O)N1CC[C@](O)(c2cn(C(C)C)nn2)C1. The van der Waals surface area contributed by atoms with Crippen molar-refractivity contribution in [1.29, 1.82) is 0 Å². The Labute approximate surface area is 134 Å². The van der Waals surface area contributed by atoms with E-state index in [0.717, 1.165) is 0 Å². The molecule has 7 nitrogen and oxygen atoms in total. The van der Waals surface area contributed by atoms with Gasteiger partial charge in [-0.3, -0.25) is 9.78 Å². The van der Waals surface area contributed by atoms with Crippen molar-refractivity contribution in [2.75, 3.05) is 13.1 Å². The molecule has 122 valence electrons. The molecule has 0 spiro atoms. The Morgan fingerprint density at radius 1 is 1.43 bits per heavy atom. The van der Waals surface area contributed by atoms with E-state index in [1.54, 1.807) is 34.1 Å². The summed E-state index contributed by atoms with van der Waals surface area (Å²) in [6.07, 6.45) is 3.87. The van der Waals surface area contributed by atoms with Crippen molar-refractivity contribution in [2.24, 2.45) is 0 Å². The molecule has 0 aromatic carbocycles. The molecule has 1 fully saturated rings. The lowest BCUT2D eigenvalue weighted by molar-refractivity contribution is 0.0381. The smallest absolute Gasteiger partial charge is 0.255 e. The number of pyridine rings is 1. The van der Waals surface area contributed by atoms with Gasteiger partial charge in [-0.05, 0) is 32.9 Å². The van der Waals surface area contributed by atoms with Crippen LogP contribution in [-0.2, 0) is 5.60 Å². The van der Waals surface area contributed by atoms with Crippen molar-refractivity contribution in [3.63, 3.8) is 0 Å². The van der Waals surface area contributed by atoms with E-state index < -0.39 is 5.60 Å². The predicted molar refractivity (Wildman–Crippen MR) is 83.8 cm³/mol. The fourth-order valence-electron chi connectivity index (χ4n) is 2.80. The third-order valence-electron chi connectivity index (χ3n) is 4.29. The molecule has 2 aromatic heterocycles. The lowest BCUT2D eigenvalue weighted by Crippen LogP contribution is -2.35. The summed E-state index contributed by atoms with van der Waals surface area (Å²) in [5, 5.41) is 19.0. The minimum atomic E-state index is -1.14. The number of carbonyl (C=O) groups is 1. The maximum atomic E-state index is 12.6. The molecule has 0 saturated carbocycles. The molecule has 0 aliphatic carbocycles. The van der Waals surface area contributed by atoms with Gasteiger partial charge in [0.1, 0.15) is 11.3 Å². The highest BCUT2D eigenvalue weighted by molar-refractivity contribution is 5.95. The van der Waals surface area contributed by atoms with Gasteiger partial charge in [-0.25, -0.2) is 4.68 Å². The minimum absolute atomic E-state index is 0.109. The van der Waals surface area contributed by atoms with Gasteiger partial charge in [-0.15, -0.1) is 5.10 Å². The van der Waals surface area contributed by atoms with Crippen molar-refractivity contribution < 1.29 is 9.90 Å². The van der Waals surface area contributed by atoms with Crippen molar-refractivity contribution in [3.8, 4) is 0 Å². The first-order chi connectivity index (χ1) is 10.9. The first-order valence-corrected chi connectivity index (χ1v) is 7.76. The highest BCUT2D eigenvalue weighted by atomic mass is 16.3. The fraction of sp³-hybridized carbons (Fsp3) is 0.500. The van der Waals surface area contributed by atoms with Gasteiger partial charge in [0.05, 0.1) is 18.3 Å². The summed E-state index contributed by atoms with van der Waals surface area (Å²) in [4.78, 5) is 18.4. The number of aliphatic hydroxyl groups is 1. The molecule has 1 amide bonds. The Morgan fingerprint density at radius 2 is 2.22 bits per heavy atom. The summed E-state index contributed by atoms with van der Waals surface area (Å²) >= 11 is 0. The first-order valence-electron chi connectivity index (χ1n) is 7.76. The molecule has 1 saturated heterocycles. The molecule has 23 heavy (non-hydrogen) atoms. The number of rotatable bonds is 3. The van der Waals surface area contributed by atoms with Crippen molar-refractivity contribution in [3.05, 3.63) is 41.5 Å². The summed E-state index contributed by atoms with van der Waals surface area (Å²) in [5.74, 6) is -0.109.